The number of hydrogen-bond acceptors (Lipinski definition) is 4. The molecule has 2 aromatic rings. The van der Waals surface area contributed by atoms with E-state index < -0.39 is 0 Å². The van der Waals surface area contributed by atoms with Crippen molar-refractivity contribution in [3.63, 3.8) is 0 Å². The first kappa shape index (κ1) is 11.9. The van der Waals surface area contributed by atoms with Crippen molar-refractivity contribution in [1.82, 2.24) is 15.5 Å². The highest BCUT2D eigenvalue weighted by Crippen LogP contribution is 2.33. The fraction of sp³-hybridized carbons (Fsp3) is 0.357. The second-order valence-corrected chi connectivity index (χ2v) is 4.84. The molecule has 0 fully saturated rings. The van der Waals surface area contributed by atoms with Crippen LogP contribution in [0.5, 0.6) is 0 Å². The third kappa shape index (κ3) is 2.23. The molecule has 1 aromatic heterocycles. The average Bonchev–Trinajstić information content (AvgIpc) is 2.95. The van der Waals surface area contributed by atoms with E-state index in [2.05, 4.69) is 21.5 Å². The van der Waals surface area contributed by atoms with Crippen molar-refractivity contribution < 1.29 is 9.32 Å². The molecule has 0 saturated heterocycles. The zero-order valence-corrected chi connectivity index (χ0v) is 10.9. The highest BCUT2D eigenvalue weighted by molar-refractivity contribution is 5.73. The molecule has 0 radical (unpaired) electrons. The number of carbonyl (C=O) groups is 1. The maximum atomic E-state index is 11.2. The van der Waals surface area contributed by atoms with Gasteiger partial charge in [-0.25, -0.2) is 0 Å². The van der Waals surface area contributed by atoms with Crippen molar-refractivity contribution in [2.24, 2.45) is 0 Å². The van der Waals surface area contributed by atoms with E-state index in [1.807, 2.05) is 12.1 Å². The molecule has 1 aliphatic carbocycles. The molecule has 0 aliphatic heterocycles. The van der Waals surface area contributed by atoms with E-state index in [1.54, 1.807) is 13.8 Å². The number of nitrogens with one attached hydrogen (secondary N) is 1. The first-order valence-electron chi connectivity index (χ1n) is 6.34. The molecule has 0 saturated carbocycles. The smallest absolute Gasteiger partial charge is 0.223 e. The van der Waals surface area contributed by atoms with Crippen molar-refractivity contribution in [3.05, 3.63) is 35.2 Å². The Hall–Kier alpha value is -2.17. The summed E-state index contributed by atoms with van der Waals surface area (Å²) in [5, 5.41) is 6.90. The Bertz CT molecular complexity index is 633. The normalized spacial score (nSPS) is 17.3. The van der Waals surface area contributed by atoms with Gasteiger partial charge in [0.25, 0.3) is 0 Å². The topological polar surface area (TPSA) is 68.0 Å². The molecular weight excluding hydrogens is 242 g/mol. The molecule has 1 heterocycles. The fourth-order valence-electron chi connectivity index (χ4n) is 2.57. The predicted octanol–water partition coefficient (Wildman–Crippen LogP) is 2.17. The number of benzene rings is 1. The molecule has 1 amide bonds. The maximum absolute atomic E-state index is 11.2. The van der Waals surface area contributed by atoms with Crippen LogP contribution in [-0.4, -0.2) is 16.0 Å². The molecule has 1 atom stereocenters. The van der Waals surface area contributed by atoms with E-state index in [0.29, 0.717) is 11.7 Å². The molecule has 5 heteroatoms. The van der Waals surface area contributed by atoms with E-state index in [0.717, 1.165) is 18.4 Å². The quantitative estimate of drug-likeness (QED) is 0.895. The Morgan fingerprint density at radius 2 is 2.32 bits per heavy atom. The largest absolute Gasteiger partial charge is 0.350 e. The minimum Gasteiger partial charge on any atom is -0.350 e. The predicted molar refractivity (Wildman–Crippen MR) is 69.3 cm³/mol. The maximum Gasteiger partial charge on any atom is 0.223 e. The Labute approximate surface area is 111 Å². The molecule has 0 unspecified atom stereocenters. The van der Waals surface area contributed by atoms with Crippen LogP contribution in [0, 0.1) is 6.92 Å². The summed E-state index contributed by atoms with van der Waals surface area (Å²) in [6.07, 6.45) is 1.91. The number of hydrogen-bond donors (Lipinski definition) is 1. The second-order valence-electron chi connectivity index (χ2n) is 4.84. The van der Waals surface area contributed by atoms with Gasteiger partial charge in [-0.3, -0.25) is 4.79 Å². The van der Waals surface area contributed by atoms with Gasteiger partial charge in [0.15, 0.2) is 0 Å². The van der Waals surface area contributed by atoms with Crippen LogP contribution in [0.4, 0.5) is 0 Å². The van der Waals surface area contributed by atoms with Gasteiger partial charge < -0.3 is 9.84 Å². The van der Waals surface area contributed by atoms with Crippen molar-refractivity contribution in [3.8, 4) is 11.4 Å². The van der Waals surface area contributed by atoms with E-state index in [9.17, 15) is 4.79 Å². The second kappa shape index (κ2) is 4.50. The summed E-state index contributed by atoms with van der Waals surface area (Å²) in [5.41, 5.74) is 3.40. The summed E-state index contributed by atoms with van der Waals surface area (Å²) in [7, 11) is 0. The standard InChI is InChI=1S/C14H15N3O2/c1-8(18)15-13-6-4-10-7-11(3-5-12(10)13)14-16-9(2)19-17-14/h3,5,7,13H,4,6H2,1-2H3,(H,15,18)/t13-/m1/s1. The summed E-state index contributed by atoms with van der Waals surface area (Å²) in [4.78, 5) is 15.4. The Morgan fingerprint density at radius 1 is 1.47 bits per heavy atom. The molecule has 1 N–H and O–H groups in total. The minimum atomic E-state index is 0.00993. The van der Waals surface area contributed by atoms with Crippen LogP contribution in [0.2, 0.25) is 0 Å². The molecule has 5 nitrogen and oxygen atoms in total. The molecule has 3 rings (SSSR count). The zero-order chi connectivity index (χ0) is 13.4. The number of nitrogens with zero attached hydrogens (tertiary/aromatic N) is 2. The molecule has 0 spiro atoms. The molecule has 1 aliphatic rings. The Balaban J connectivity index is 1.92. The monoisotopic (exact) mass is 257 g/mol. The molecule has 0 bridgehead atoms. The molecule has 19 heavy (non-hydrogen) atoms. The summed E-state index contributed by atoms with van der Waals surface area (Å²) in [6, 6.07) is 6.24. The molecule has 98 valence electrons. The Morgan fingerprint density at radius 3 is 3.00 bits per heavy atom. The van der Waals surface area contributed by atoms with E-state index in [4.69, 9.17) is 4.52 Å². The summed E-state index contributed by atoms with van der Waals surface area (Å²) in [6.45, 7) is 3.32. The minimum absolute atomic E-state index is 0.00993. The van der Waals surface area contributed by atoms with Crippen molar-refractivity contribution in [2.75, 3.05) is 0 Å². The van der Waals surface area contributed by atoms with Crippen LogP contribution < -0.4 is 5.32 Å². The van der Waals surface area contributed by atoms with Gasteiger partial charge in [0.1, 0.15) is 0 Å². The first-order chi connectivity index (χ1) is 9.13. The van der Waals surface area contributed by atoms with Crippen molar-refractivity contribution >= 4 is 5.91 Å². The van der Waals surface area contributed by atoms with Crippen molar-refractivity contribution in [2.45, 2.75) is 32.7 Å². The fourth-order valence-corrected chi connectivity index (χ4v) is 2.57. The number of aromatic nitrogens is 2. The van der Waals surface area contributed by atoms with Crippen LogP contribution in [0.1, 0.15) is 36.4 Å². The zero-order valence-electron chi connectivity index (χ0n) is 10.9. The van der Waals surface area contributed by atoms with E-state index in [1.165, 1.54) is 11.1 Å². The van der Waals surface area contributed by atoms with Gasteiger partial charge in [0.2, 0.25) is 17.6 Å². The number of carbonyl (C=O) groups excluding carboxylic acids is 1. The number of aryl methyl sites for hydroxylation is 2. The average molecular weight is 257 g/mol. The summed E-state index contributed by atoms with van der Waals surface area (Å²) < 4.78 is 4.99. The molecule has 1 aromatic carbocycles. The SMILES string of the molecule is CC(=O)N[C@@H]1CCc2cc(-c3noc(C)n3)ccc21. The van der Waals surface area contributed by atoms with Crippen molar-refractivity contribution in [1.29, 1.82) is 0 Å². The van der Waals surface area contributed by atoms with Gasteiger partial charge in [-0.1, -0.05) is 17.3 Å². The third-order valence-electron chi connectivity index (χ3n) is 3.38. The summed E-state index contributed by atoms with van der Waals surface area (Å²) >= 11 is 0. The van der Waals surface area contributed by atoms with Crippen LogP contribution in [-0.2, 0) is 11.2 Å². The number of fused-ring (bicyclic) bond motifs is 1. The van der Waals surface area contributed by atoms with Gasteiger partial charge in [-0.2, -0.15) is 4.98 Å². The summed E-state index contributed by atoms with van der Waals surface area (Å²) in [5.74, 6) is 1.19. The van der Waals surface area contributed by atoms with Crippen LogP contribution in [0.25, 0.3) is 11.4 Å². The van der Waals surface area contributed by atoms with Gasteiger partial charge in [0, 0.05) is 19.4 Å². The van der Waals surface area contributed by atoms with Gasteiger partial charge >= 0.3 is 0 Å². The third-order valence-corrected chi connectivity index (χ3v) is 3.38. The van der Waals surface area contributed by atoms with Crippen LogP contribution in [0.15, 0.2) is 22.7 Å². The van der Waals surface area contributed by atoms with Gasteiger partial charge in [-0.05, 0) is 30.0 Å². The van der Waals surface area contributed by atoms with Gasteiger partial charge in [0.05, 0.1) is 6.04 Å². The number of amides is 1. The lowest BCUT2D eigenvalue weighted by molar-refractivity contribution is -0.119. The lowest BCUT2D eigenvalue weighted by Gasteiger charge is -2.12. The number of rotatable bonds is 2. The lowest BCUT2D eigenvalue weighted by atomic mass is 10.0. The highest BCUT2D eigenvalue weighted by atomic mass is 16.5. The molecular formula is C14H15N3O2. The van der Waals surface area contributed by atoms with E-state index in [-0.39, 0.29) is 11.9 Å². The van der Waals surface area contributed by atoms with Crippen LogP contribution in [0.3, 0.4) is 0 Å². The van der Waals surface area contributed by atoms with Crippen LogP contribution >= 0.6 is 0 Å². The van der Waals surface area contributed by atoms with E-state index >= 15 is 0 Å². The van der Waals surface area contributed by atoms with Gasteiger partial charge in [-0.15, -0.1) is 0 Å². The Kier molecular flexibility index (Phi) is 2.81. The highest BCUT2D eigenvalue weighted by Gasteiger charge is 2.23. The first-order valence-corrected chi connectivity index (χ1v) is 6.34. The lowest BCUT2D eigenvalue weighted by Crippen LogP contribution is -2.24.